The molecule has 26 heavy (non-hydrogen) atoms. The second kappa shape index (κ2) is 8.16. The summed E-state index contributed by atoms with van der Waals surface area (Å²) in [7, 11) is 0. The molecule has 5 nitrogen and oxygen atoms in total. The Morgan fingerprint density at radius 2 is 1.96 bits per heavy atom. The normalized spacial score (nSPS) is 15.5. The molecule has 1 heterocycles. The summed E-state index contributed by atoms with van der Waals surface area (Å²) < 4.78 is 0.344. The maximum absolute atomic E-state index is 12.5. The van der Waals surface area contributed by atoms with E-state index < -0.39 is 0 Å². The molecule has 0 unspecified atom stereocenters. The van der Waals surface area contributed by atoms with Gasteiger partial charge in [0.25, 0.3) is 5.91 Å². The van der Waals surface area contributed by atoms with E-state index in [9.17, 15) is 14.7 Å². The van der Waals surface area contributed by atoms with E-state index in [2.05, 4.69) is 5.32 Å². The van der Waals surface area contributed by atoms with Gasteiger partial charge in [-0.3, -0.25) is 14.5 Å². The number of benzene rings is 2. The van der Waals surface area contributed by atoms with Gasteiger partial charge < -0.3 is 10.4 Å². The summed E-state index contributed by atoms with van der Waals surface area (Å²) >= 11 is 6.38. The number of aromatic hydroxyl groups is 1. The summed E-state index contributed by atoms with van der Waals surface area (Å²) in [6.07, 6.45) is 1.65. The molecule has 0 bridgehead atoms. The highest BCUT2D eigenvalue weighted by Crippen LogP contribution is 2.32. The van der Waals surface area contributed by atoms with Crippen molar-refractivity contribution in [1.29, 1.82) is 0 Å². The number of thiocarbonyl (C=S) groups is 1. The van der Waals surface area contributed by atoms with E-state index in [4.69, 9.17) is 12.2 Å². The molecule has 2 N–H and O–H groups in total. The fourth-order valence-corrected chi connectivity index (χ4v) is 3.65. The zero-order chi connectivity index (χ0) is 18.5. The number of phenols is 1. The van der Waals surface area contributed by atoms with Crippen LogP contribution in [0.25, 0.3) is 6.08 Å². The molecule has 0 radical (unpaired) electrons. The molecule has 1 fully saturated rings. The monoisotopic (exact) mass is 384 g/mol. The Kier molecular flexibility index (Phi) is 5.70. The summed E-state index contributed by atoms with van der Waals surface area (Å²) in [6.45, 7) is 0.280. The highest BCUT2D eigenvalue weighted by molar-refractivity contribution is 8.26. The lowest BCUT2D eigenvalue weighted by Crippen LogP contribution is -2.39. The fourth-order valence-electron chi connectivity index (χ4n) is 2.40. The van der Waals surface area contributed by atoms with E-state index in [-0.39, 0.29) is 24.1 Å². The van der Waals surface area contributed by atoms with Gasteiger partial charge in [0.1, 0.15) is 16.6 Å². The third kappa shape index (κ3) is 4.50. The molecule has 2 amide bonds. The summed E-state index contributed by atoms with van der Waals surface area (Å²) in [5, 5.41) is 12.3. The van der Waals surface area contributed by atoms with E-state index in [1.165, 1.54) is 4.90 Å². The quantitative estimate of drug-likeness (QED) is 0.613. The van der Waals surface area contributed by atoms with Crippen molar-refractivity contribution in [3.63, 3.8) is 0 Å². The Balaban J connectivity index is 1.62. The Hall–Kier alpha value is -2.64. The molecule has 1 aliphatic heterocycles. The lowest BCUT2D eigenvalue weighted by molar-refractivity contribution is -0.128. The zero-order valence-electron chi connectivity index (χ0n) is 13.7. The molecule has 3 rings (SSSR count). The van der Waals surface area contributed by atoms with Crippen molar-refractivity contribution >= 4 is 46.2 Å². The number of hydrogen-bond acceptors (Lipinski definition) is 5. The molecule has 132 valence electrons. The van der Waals surface area contributed by atoms with Gasteiger partial charge in [-0.05, 0) is 29.3 Å². The van der Waals surface area contributed by atoms with Crippen molar-refractivity contribution in [1.82, 2.24) is 10.2 Å². The molecular weight excluding hydrogens is 368 g/mol. The van der Waals surface area contributed by atoms with Crippen LogP contribution in [0.2, 0.25) is 0 Å². The van der Waals surface area contributed by atoms with Gasteiger partial charge in [-0.2, -0.15) is 0 Å². The van der Waals surface area contributed by atoms with E-state index in [0.29, 0.717) is 21.3 Å². The summed E-state index contributed by atoms with van der Waals surface area (Å²) in [6, 6.07) is 16.1. The molecule has 7 heteroatoms. The number of hydrogen-bond donors (Lipinski definition) is 2. The molecule has 0 aromatic heterocycles. The number of amides is 2. The topological polar surface area (TPSA) is 69.6 Å². The van der Waals surface area contributed by atoms with E-state index in [0.717, 1.165) is 17.3 Å². The van der Waals surface area contributed by atoms with Crippen molar-refractivity contribution < 1.29 is 14.7 Å². The Morgan fingerprint density at radius 1 is 1.19 bits per heavy atom. The molecule has 1 saturated heterocycles. The molecule has 2 aromatic rings. The first-order valence-electron chi connectivity index (χ1n) is 7.88. The van der Waals surface area contributed by atoms with Gasteiger partial charge in [0, 0.05) is 6.54 Å². The SMILES string of the molecule is O=C(CN1C(=O)/C(=C/c2cccc(O)c2)SC1=S)NCc1ccccc1. The van der Waals surface area contributed by atoms with Crippen LogP contribution in [0.5, 0.6) is 5.75 Å². The predicted molar refractivity (Wildman–Crippen MR) is 106 cm³/mol. The highest BCUT2D eigenvalue weighted by Gasteiger charge is 2.33. The van der Waals surface area contributed by atoms with Crippen molar-refractivity contribution in [2.24, 2.45) is 0 Å². The third-order valence-corrected chi connectivity index (χ3v) is 5.05. The summed E-state index contributed by atoms with van der Waals surface area (Å²) in [4.78, 5) is 26.4. The maximum atomic E-state index is 12.5. The van der Waals surface area contributed by atoms with Gasteiger partial charge in [-0.25, -0.2) is 0 Å². The van der Waals surface area contributed by atoms with Crippen LogP contribution in [-0.2, 0) is 16.1 Å². The number of phenolic OH excluding ortho intramolecular Hbond substituents is 1. The fraction of sp³-hybridized carbons (Fsp3) is 0.105. The minimum atomic E-state index is -0.307. The summed E-state index contributed by atoms with van der Waals surface area (Å²) in [5.74, 6) is -0.462. The summed E-state index contributed by atoms with van der Waals surface area (Å²) in [5.41, 5.74) is 1.68. The van der Waals surface area contributed by atoms with Crippen molar-refractivity contribution in [2.75, 3.05) is 6.54 Å². The number of thioether (sulfide) groups is 1. The minimum Gasteiger partial charge on any atom is -0.508 e. The van der Waals surface area contributed by atoms with E-state index >= 15 is 0 Å². The van der Waals surface area contributed by atoms with Crippen LogP contribution >= 0.6 is 24.0 Å². The second-order valence-corrected chi connectivity index (χ2v) is 7.30. The molecule has 0 aliphatic carbocycles. The van der Waals surface area contributed by atoms with Crippen molar-refractivity contribution in [2.45, 2.75) is 6.54 Å². The Labute approximate surface area is 160 Å². The molecule has 0 saturated carbocycles. The lowest BCUT2D eigenvalue weighted by Gasteiger charge is -2.14. The van der Waals surface area contributed by atoms with Crippen LogP contribution in [0.15, 0.2) is 59.5 Å². The minimum absolute atomic E-state index is 0.116. The van der Waals surface area contributed by atoms with Gasteiger partial charge in [-0.1, -0.05) is 66.4 Å². The van der Waals surface area contributed by atoms with Gasteiger partial charge in [-0.15, -0.1) is 0 Å². The van der Waals surface area contributed by atoms with E-state index in [1.807, 2.05) is 30.3 Å². The number of rotatable bonds is 5. The standard InChI is InChI=1S/C19H16N2O3S2/c22-15-8-4-7-14(9-15)10-16-18(24)21(19(25)26-16)12-17(23)20-11-13-5-2-1-3-6-13/h1-10,22H,11-12H2,(H,20,23)/b16-10-. The second-order valence-electron chi connectivity index (χ2n) is 5.63. The van der Waals surface area contributed by atoms with E-state index in [1.54, 1.807) is 30.3 Å². The van der Waals surface area contributed by atoms with Gasteiger partial charge in [0.15, 0.2) is 0 Å². The molecule has 0 spiro atoms. The third-order valence-electron chi connectivity index (χ3n) is 3.68. The number of nitrogens with one attached hydrogen (secondary N) is 1. The molecule has 2 aromatic carbocycles. The Morgan fingerprint density at radius 3 is 2.69 bits per heavy atom. The zero-order valence-corrected chi connectivity index (χ0v) is 15.3. The first-order chi connectivity index (χ1) is 12.5. The van der Waals surface area contributed by atoms with Gasteiger partial charge in [0.2, 0.25) is 5.91 Å². The van der Waals surface area contributed by atoms with Crippen molar-refractivity contribution in [3.8, 4) is 5.75 Å². The van der Waals surface area contributed by atoms with Gasteiger partial charge in [0.05, 0.1) is 4.91 Å². The van der Waals surface area contributed by atoms with Crippen LogP contribution < -0.4 is 5.32 Å². The largest absolute Gasteiger partial charge is 0.508 e. The lowest BCUT2D eigenvalue weighted by atomic mass is 10.2. The average molecular weight is 384 g/mol. The molecule has 1 aliphatic rings. The molecule has 0 atom stereocenters. The average Bonchev–Trinajstić information content (AvgIpc) is 2.88. The predicted octanol–water partition coefficient (Wildman–Crippen LogP) is 2.91. The van der Waals surface area contributed by atoms with Crippen molar-refractivity contribution in [3.05, 3.63) is 70.6 Å². The van der Waals surface area contributed by atoms with Crippen LogP contribution in [0.3, 0.4) is 0 Å². The number of nitrogens with zero attached hydrogens (tertiary/aromatic N) is 1. The first kappa shape index (κ1) is 18.2. The maximum Gasteiger partial charge on any atom is 0.266 e. The van der Waals surface area contributed by atoms with Crippen LogP contribution in [-0.4, -0.2) is 32.7 Å². The Bertz CT molecular complexity index is 881. The molecular formula is C19H16N2O3S2. The van der Waals surface area contributed by atoms with Crippen LogP contribution in [0, 0.1) is 0 Å². The number of carbonyl (C=O) groups is 2. The van der Waals surface area contributed by atoms with Crippen LogP contribution in [0.4, 0.5) is 0 Å². The number of carbonyl (C=O) groups excluding carboxylic acids is 2. The first-order valence-corrected chi connectivity index (χ1v) is 9.10. The smallest absolute Gasteiger partial charge is 0.266 e. The van der Waals surface area contributed by atoms with Gasteiger partial charge >= 0.3 is 0 Å². The highest BCUT2D eigenvalue weighted by atomic mass is 32.2. The van der Waals surface area contributed by atoms with Crippen LogP contribution in [0.1, 0.15) is 11.1 Å².